The van der Waals surface area contributed by atoms with Crippen LogP contribution in [0.5, 0.6) is 11.5 Å². The van der Waals surface area contributed by atoms with E-state index in [0.29, 0.717) is 10.9 Å². The van der Waals surface area contributed by atoms with E-state index in [9.17, 15) is 0 Å². The number of ether oxygens (including phenoxy) is 1. The second kappa shape index (κ2) is 4.90. The van der Waals surface area contributed by atoms with E-state index < -0.39 is 0 Å². The molecule has 2 aromatic carbocycles. The Bertz CT molecular complexity index is 725. The van der Waals surface area contributed by atoms with Crippen molar-refractivity contribution in [3.8, 4) is 11.5 Å². The first kappa shape index (κ1) is 12.0. The molecule has 94 valence electrons. The molecule has 3 aromatic rings. The monoisotopic (exact) mass is 269 g/mol. The minimum atomic E-state index is 0.389. The molecule has 0 aliphatic heterocycles. The number of nitrogens with zero attached hydrogens (tertiary/aromatic N) is 1. The van der Waals surface area contributed by atoms with E-state index in [-0.39, 0.29) is 0 Å². The van der Waals surface area contributed by atoms with Crippen molar-refractivity contribution in [2.75, 3.05) is 0 Å². The summed E-state index contributed by atoms with van der Waals surface area (Å²) >= 11 is 6.22. The highest BCUT2D eigenvalue weighted by atomic mass is 35.5. The average Bonchev–Trinajstić information content (AvgIpc) is 2.45. The van der Waals surface area contributed by atoms with Gasteiger partial charge in [0.1, 0.15) is 5.75 Å². The molecule has 2 nitrogen and oxygen atoms in total. The zero-order chi connectivity index (χ0) is 13.2. The maximum absolute atomic E-state index is 6.22. The Labute approximate surface area is 116 Å². The molecule has 0 bridgehead atoms. The van der Waals surface area contributed by atoms with Gasteiger partial charge in [-0.05, 0) is 25.1 Å². The van der Waals surface area contributed by atoms with Gasteiger partial charge in [-0.15, -0.1) is 0 Å². The summed E-state index contributed by atoms with van der Waals surface area (Å²) in [5, 5.41) is 1.44. The first-order valence-corrected chi connectivity index (χ1v) is 6.41. The van der Waals surface area contributed by atoms with Crippen molar-refractivity contribution < 1.29 is 4.74 Å². The standard InChI is InChI=1S/C16H12ClNO/c1-11-13-9-5-6-10-14(13)18-16(17)15(11)19-12-7-3-2-4-8-12/h2-10H,1H3. The van der Waals surface area contributed by atoms with Gasteiger partial charge in [-0.3, -0.25) is 0 Å². The average molecular weight is 270 g/mol. The van der Waals surface area contributed by atoms with Crippen LogP contribution in [0.2, 0.25) is 5.15 Å². The molecule has 3 heteroatoms. The maximum Gasteiger partial charge on any atom is 0.172 e. The molecule has 0 fully saturated rings. The van der Waals surface area contributed by atoms with Crippen molar-refractivity contribution >= 4 is 22.5 Å². The van der Waals surface area contributed by atoms with Crippen LogP contribution in [0.15, 0.2) is 54.6 Å². The Kier molecular flexibility index (Phi) is 3.10. The van der Waals surface area contributed by atoms with Crippen LogP contribution < -0.4 is 4.74 Å². The fourth-order valence-electron chi connectivity index (χ4n) is 2.05. The van der Waals surface area contributed by atoms with E-state index in [1.807, 2.05) is 61.5 Å². The summed E-state index contributed by atoms with van der Waals surface area (Å²) in [6.07, 6.45) is 0. The molecule has 19 heavy (non-hydrogen) atoms. The molecule has 3 rings (SSSR count). The lowest BCUT2D eigenvalue weighted by Crippen LogP contribution is -1.93. The zero-order valence-electron chi connectivity index (χ0n) is 10.4. The number of hydrogen-bond donors (Lipinski definition) is 0. The summed E-state index contributed by atoms with van der Waals surface area (Å²) in [5.74, 6) is 1.37. The van der Waals surface area contributed by atoms with Crippen LogP contribution in [-0.4, -0.2) is 4.98 Å². The number of benzene rings is 2. The Balaban J connectivity index is 2.13. The summed E-state index contributed by atoms with van der Waals surface area (Å²) in [6, 6.07) is 17.5. The number of pyridine rings is 1. The predicted octanol–water partition coefficient (Wildman–Crippen LogP) is 4.99. The molecule has 0 radical (unpaired) electrons. The van der Waals surface area contributed by atoms with Gasteiger partial charge in [-0.1, -0.05) is 48.0 Å². The van der Waals surface area contributed by atoms with E-state index in [2.05, 4.69) is 4.98 Å². The van der Waals surface area contributed by atoms with Crippen LogP contribution in [0, 0.1) is 6.92 Å². The predicted molar refractivity (Wildman–Crippen MR) is 78.0 cm³/mol. The third-order valence-electron chi connectivity index (χ3n) is 3.02. The van der Waals surface area contributed by atoms with E-state index >= 15 is 0 Å². The highest BCUT2D eigenvalue weighted by Gasteiger charge is 2.12. The first-order chi connectivity index (χ1) is 9.25. The van der Waals surface area contributed by atoms with Gasteiger partial charge in [-0.25, -0.2) is 4.98 Å². The van der Waals surface area contributed by atoms with Gasteiger partial charge >= 0.3 is 0 Å². The molecule has 0 aliphatic rings. The van der Waals surface area contributed by atoms with Crippen molar-refractivity contribution in [2.45, 2.75) is 6.92 Å². The Morgan fingerprint density at radius 2 is 1.63 bits per heavy atom. The molecule has 1 heterocycles. The van der Waals surface area contributed by atoms with Gasteiger partial charge in [-0.2, -0.15) is 0 Å². The van der Waals surface area contributed by atoms with Crippen LogP contribution >= 0.6 is 11.6 Å². The zero-order valence-corrected chi connectivity index (χ0v) is 11.2. The van der Waals surface area contributed by atoms with Gasteiger partial charge in [0, 0.05) is 10.9 Å². The molecule has 0 atom stereocenters. The summed E-state index contributed by atoms with van der Waals surface area (Å²) in [7, 11) is 0. The molecular formula is C16H12ClNO. The van der Waals surface area contributed by atoms with Crippen molar-refractivity contribution in [3.05, 3.63) is 65.3 Å². The molecule has 0 aliphatic carbocycles. The molecule has 0 unspecified atom stereocenters. The highest BCUT2D eigenvalue weighted by molar-refractivity contribution is 6.31. The summed E-state index contributed by atoms with van der Waals surface area (Å²) in [5.41, 5.74) is 1.88. The molecule has 0 amide bonds. The molecule has 0 saturated carbocycles. The third kappa shape index (κ3) is 2.27. The number of aryl methyl sites for hydroxylation is 1. The molecule has 0 N–H and O–H groups in total. The number of hydrogen-bond acceptors (Lipinski definition) is 2. The topological polar surface area (TPSA) is 22.1 Å². The normalized spacial score (nSPS) is 10.6. The van der Waals surface area contributed by atoms with Crippen LogP contribution in [-0.2, 0) is 0 Å². The molecule has 1 aromatic heterocycles. The minimum absolute atomic E-state index is 0.389. The SMILES string of the molecule is Cc1c(Oc2ccccc2)c(Cl)nc2ccccc12. The van der Waals surface area contributed by atoms with Gasteiger partial charge in [0.05, 0.1) is 5.52 Å². The fraction of sp³-hybridized carbons (Fsp3) is 0.0625. The lowest BCUT2D eigenvalue weighted by atomic mass is 10.1. The van der Waals surface area contributed by atoms with Crippen LogP contribution in [0.3, 0.4) is 0 Å². The summed E-state index contributed by atoms with van der Waals surface area (Å²) in [4.78, 5) is 4.37. The number of para-hydroxylation sites is 2. The Hall–Kier alpha value is -2.06. The van der Waals surface area contributed by atoms with Crippen molar-refractivity contribution in [3.63, 3.8) is 0 Å². The smallest absolute Gasteiger partial charge is 0.172 e. The maximum atomic E-state index is 6.22. The number of fused-ring (bicyclic) bond motifs is 1. The van der Waals surface area contributed by atoms with Crippen LogP contribution in [0.25, 0.3) is 10.9 Å². The number of aromatic nitrogens is 1. The Morgan fingerprint density at radius 3 is 2.42 bits per heavy atom. The van der Waals surface area contributed by atoms with Gasteiger partial charge in [0.25, 0.3) is 0 Å². The van der Waals surface area contributed by atoms with Crippen molar-refractivity contribution in [1.29, 1.82) is 0 Å². The lowest BCUT2D eigenvalue weighted by Gasteiger charge is -2.12. The second-order valence-corrected chi connectivity index (χ2v) is 4.65. The van der Waals surface area contributed by atoms with Crippen LogP contribution in [0.4, 0.5) is 0 Å². The largest absolute Gasteiger partial charge is 0.454 e. The Morgan fingerprint density at radius 1 is 0.947 bits per heavy atom. The number of halogens is 1. The van der Waals surface area contributed by atoms with E-state index in [4.69, 9.17) is 16.3 Å². The lowest BCUT2D eigenvalue weighted by molar-refractivity contribution is 0.478. The molecule has 0 saturated heterocycles. The molecule has 0 spiro atoms. The van der Waals surface area contributed by atoms with E-state index in [1.54, 1.807) is 0 Å². The van der Waals surface area contributed by atoms with Crippen molar-refractivity contribution in [2.24, 2.45) is 0 Å². The minimum Gasteiger partial charge on any atom is -0.454 e. The summed E-state index contributed by atoms with van der Waals surface area (Å²) < 4.78 is 5.85. The second-order valence-electron chi connectivity index (χ2n) is 4.29. The number of rotatable bonds is 2. The van der Waals surface area contributed by atoms with E-state index in [0.717, 1.165) is 22.2 Å². The summed E-state index contributed by atoms with van der Waals surface area (Å²) in [6.45, 7) is 1.99. The fourth-order valence-corrected chi connectivity index (χ4v) is 2.32. The van der Waals surface area contributed by atoms with Crippen LogP contribution in [0.1, 0.15) is 5.56 Å². The van der Waals surface area contributed by atoms with Gasteiger partial charge in [0.15, 0.2) is 10.9 Å². The first-order valence-electron chi connectivity index (χ1n) is 6.03. The van der Waals surface area contributed by atoms with E-state index in [1.165, 1.54) is 0 Å². The van der Waals surface area contributed by atoms with Crippen molar-refractivity contribution in [1.82, 2.24) is 4.98 Å². The molecular weight excluding hydrogens is 258 g/mol. The van der Waals surface area contributed by atoms with Gasteiger partial charge < -0.3 is 4.74 Å². The van der Waals surface area contributed by atoms with Gasteiger partial charge in [0.2, 0.25) is 0 Å². The highest BCUT2D eigenvalue weighted by Crippen LogP contribution is 2.35. The third-order valence-corrected chi connectivity index (χ3v) is 3.27. The quantitative estimate of drug-likeness (QED) is 0.612.